The van der Waals surface area contributed by atoms with Gasteiger partial charge in [0.05, 0.1) is 22.7 Å². The maximum Gasteiger partial charge on any atom is 0.265 e. The summed E-state index contributed by atoms with van der Waals surface area (Å²) in [6, 6.07) is 11.2. The molecule has 0 spiro atoms. The summed E-state index contributed by atoms with van der Waals surface area (Å²) in [4.78, 5) is 46.5. The van der Waals surface area contributed by atoms with Gasteiger partial charge in [-0.1, -0.05) is 38.5 Å². The van der Waals surface area contributed by atoms with Crippen molar-refractivity contribution in [3.8, 4) is 0 Å². The van der Waals surface area contributed by atoms with Crippen molar-refractivity contribution in [1.29, 1.82) is 0 Å². The molecule has 0 radical (unpaired) electrons. The maximum absolute atomic E-state index is 13.2. The summed E-state index contributed by atoms with van der Waals surface area (Å²) in [5, 5.41) is 6.22. The van der Waals surface area contributed by atoms with Gasteiger partial charge in [-0.3, -0.25) is 14.4 Å². The predicted octanol–water partition coefficient (Wildman–Crippen LogP) is 7.71. The summed E-state index contributed by atoms with van der Waals surface area (Å²) in [6.07, 6.45) is 10.9. The van der Waals surface area contributed by atoms with E-state index in [0.717, 1.165) is 40.1 Å². The molecule has 0 atom stereocenters. The first-order chi connectivity index (χ1) is 21.7. The summed E-state index contributed by atoms with van der Waals surface area (Å²) < 4.78 is 5.04. The Balaban J connectivity index is 0.00000271. The highest BCUT2D eigenvalue weighted by atomic mass is 32.1. The molecule has 1 aliphatic rings. The molecule has 8 nitrogen and oxygen atoms in total. The summed E-state index contributed by atoms with van der Waals surface area (Å²) in [7, 11) is 3.30. The first-order valence-electron chi connectivity index (χ1n) is 15.6. The van der Waals surface area contributed by atoms with E-state index in [2.05, 4.69) is 21.7 Å². The number of likely N-dealkylation sites (N-methyl/N-ethyl adjacent to an activating group) is 1. The number of anilines is 2. The lowest BCUT2D eigenvalue weighted by Crippen LogP contribution is -2.30. The molecule has 2 aromatic heterocycles. The number of ether oxygens (including phenoxy) is 1. The largest absolute Gasteiger partial charge is 0.383 e. The van der Waals surface area contributed by atoms with Crippen molar-refractivity contribution in [2.24, 2.45) is 0 Å². The standard InChI is InChI=1S/C34H40N4O4S.C2H6/c1-6-24(19-29(23(3)39)36-32-16-15-26(21-35-32)34(41)38(4)17-18-42-5)27-12-10-13-28(22(27)2)37-33(40)31-20-25-11-8-7-9-14-30(25)43-31;1-2/h6,10,12-13,15-16,19-21H,7-9,11,14,17-18H2,1-5H3,(H,35,36)(H,37,40);1-2H3/b24-6+,29-19+;. The molecule has 9 heteroatoms. The Hall–Kier alpha value is -4.08. The summed E-state index contributed by atoms with van der Waals surface area (Å²) in [6.45, 7) is 10.3. The normalized spacial score (nSPS) is 13.1. The fourth-order valence-electron chi connectivity index (χ4n) is 5.03. The minimum absolute atomic E-state index is 0.0973. The van der Waals surface area contributed by atoms with E-state index in [4.69, 9.17) is 4.74 Å². The number of hydrogen-bond acceptors (Lipinski definition) is 7. The van der Waals surface area contributed by atoms with Crippen LogP contribution in [0.15, 0.2) is 60.4 Å². The van der Waals surface area contributed by atoms with Crippen molar-refractivity contribution in [3.05, 3.63) is 92.5 Å². The predicted molar refractivity (Wildman–Crippen MR) is 185 cm³/mol. The lowest BCUT2D eigenvalue weighted by atomic mass is 9.97. The third-order valence-electron chi connectivity index (χ3n) is 7.60. The summed E-state index contributed by atoms with van der Waals surface area (Å²) in [5.74, 6) is 0.0198. The smallest absolute Gasteiger partial charge is 0.265 e. The lowest BCUT2D eigenvalue weighted by molar-refractivity contribution is -0.113. The van der Waals surface area contributed by atoms with Gasteiger partial charge in [0.1, 0.15) is 5.82 Å². The van der Waals surface area contributed by atoms with E-state index in [1.807, 2.05) is 52.0 Å². The number of Topliss-reactive ketones (excluding diaryl/α,β-unsaturated/α-hetero) is 1. The zero-order chi connectivity index (χ0) is 32.9. The van der Waals surface area contributed by atoms with E-state index in [1.165, 1.54) is 42.8 Å². The number of amides is 2. The first-order valence-corrected chi connectivity index (χ1v) is 16.4. The number of nitrogens with one attached hydrogen (secondary N) is 2. The fraction of sp³-hybridized carbons (Fsp3) is 0.389. The molecular formula is C36H46N4O4S. The van der Waals surface area contributed by atoms with Crippen LogP contribution >= 0.6 is 11.3 Å². The van der Waals surface area contributed by atoms with Crippen molar-refractivity contribution >= 4 is 46.0 Å². The van der Waals surface area contributed by atoms with Gasteiger partial charge in [-0.2, -0.15) is 0 Å². The monoisotopic (exact) mass is 630 g/mol. The number of benzene rings is 1. The molecule has 0 fully saturated rings. The third-order valence-corrected chi connectivity index (χ3v) is 8.84. The van der Waals surface area contributed by atoms with Crippen molar-refractivity contribution in [2.75, 3.05) is 37.9 Å². The Morgan fingerprint density at radius 1 is 1.07 bits per heavy atom. The second-order valence-corrected chi connectivity index (χ2v) is 11.8. The topological polar surface area (TPSA) is 101 Å². The van der Waals surface area contributed by atoms with Crippen LogP contribution in [0.5, 0.6) is 0 Å². The van der Waals surface area contributed by atoms with Gasteiger partial charge in [0.25, 0.3) is 11.8 Å². The molecule has 1 aromatic carbocycles. The number of pyridine rings is 1. The molecule has 0 unspecified atom stereocenters. The summed E-state index contributed by atoms with van der Waals surface area (Å²) >= 11 is 1.61. The molecule has 0 bridgehead atoms. The highest BCUT2D eigenvalue weighted by Crippen LogP contribution is 2.31. The quantitative estimate of drug-likeness (QED) is 0.128. The number of ketones is 1. The number of allylic oxidation sites excluding steroid dienone is 4. The van der Waals surface area contributed by atoms with Crippen LogP contribution in [0.3, 0.4) is 0 Å². The number of hydrogen-bond donors (Lipinski definition) is 2. The number of nitrogens with zero attached hydrogens (tertiary/aromatic N) is 2. The third kappa shape index (κ3) is 9.45. The first kappa shape index (κ1) is 35.4. The van der Waals surface area contributed by atoms with Crippen LogP contribution in [0.4, 0.5) is 11.5 Å². The number of aryl methyl sites for hydroxylation is 2. The molecular weight excluding hydrogens is 584 g/mol. The Labute approximate surface area is 271 Å². The van der Waals surface area contributed by atoms with Gasteiger partial charge in [-0.25, -0.2) is 4.98 Å². The average Bonchev–Trinajstić information content (AvgIpc) is 3.34. The highest BCUT2D eigenvalue weighted by Gasteiger charge is 2.18. The number of aromatic nitrogens is 1. The summed E-state index contributed by atoms with van der Waals surface area (Å²) in [5.41, 5.74) is 5.46. The molecule has 0 aliphatic heterocycles. The van der Waals surface area contributed by atoms with Crippen molar-refractivity contribution < 1.29 is 19.1 Å². The van der Waals surface area contributed by atoms with Crippen LogP contribution in [0, 0.1) is 6.92 Å². The minimum Gasteiger partial charge on any atom is -0.383 e. The Bertz CT molecular complexity index is 1520. The number of carbonyl (C=O) groups is 3. The van der Waals surface area contributed by atoms with Gasteiger partial charge in [-0.05, 0) is 92.1 Å². The molecule has 0 saturated carbocycles. The number of carbonyl (C=O) groups excluding carboxylic acids is 3. The molecule has 45 heavy (non-hydrogen) atoms. The van der Waals surface area contributed by atoms with Gasteiger partial charge in [0.15, 0.2) is 5.78 Å². The van der Waals surface area contributed by atoms with Crippen molar-refractivity contribution in [2.45, 2.75) is 66.7 Å². The SMILES string of the molecule is C/C=C(\C=C(\Nc1ccc(C(=O)N(C)CCOC)cn1)C(C)=O)c1cccc(NC(=O)c2cc3c(s2)CCCCC3)c1C.CC. The number of methoxy groups -OCH3 is 1. The van der Waals surface area contributed by atoms with Crippen molar-refractivity contribution in [3.63, 3.8) is 0 Å². The minimum atomic E-state index is -0.167. The van der Waals surface area contributed by atoms with Crippen LogP contribution in [0.2, 0.25) is 0 Å². The molecule has 3 aromatic rings. The molecule has 0 saturated heterocycles. The Morgan fingerprint density at radius 3 is 2.49 bits per heavy atom. The fourth-order valence-corrected chi connectivity index (χ4v) is 6.18. The molecule has 2 N–H and O–H groups in total. The zero-order valence-corrected chi connectivity index (χ0v) is 28.4. The van der Waals surface area contributed by atoms with Crippen molar-refractivity contribution in [1.82, 2.24) is 9.88 Å². The van der Waals surface area contributed by atoms with Gasteiger partial charge < -0.3 is 20.3 Å². The van der Waals surface area contributed by atoms with Gasteiger partial charge in [-0.15, -0.1) is 11.3 Å². The van der Waals surface area contributed by atoms with E-state index in [9.17, 15) is 14.4 Å². The number of thiophene rings is 1. The highest BCUT2D eigenvalue weighted by molar-refractivity contribution is 7.14. The molecule has 2 heterocycles. The van der Waals surface area contributed by atoms with Crippen LogP contribution in [-0.4, -0.2) is 54.8 Å². The number of rotatable bonds is 11. The maximum atomic E-state index is 13.2. The van der Waals surface area contributed by atoms with Crippen LogP contribution in [0.1, 0.15) is 88.6 Å². The Kier molecular flexibility index (Phi) is 13.7. The molecule has 240 valence electrons. The van der Waals surface area contributed by atoms with E-state index in [-0.39, 0.29) is 17.6 Å². The molecule has 4 rings (SSSR count). The van der Waals surface area contributed by atoms with Gasteiger partial charge in [0, 0.05) is 44.4 Å². The average molecular weight is 631 g/mol. The van der Waals surface area contributed by atoms with Crippen LogP contribution in [0.25, 0.3) is 5.57 Å². The zero-order valence-electron chi connectivity index (χ0n) is 27.6. The second kappa shape index (κ2) is 17.4. The van der Waals surface area contributed by atoms with Crippen LogP contribution in [-0.2, 0) is 22.4 Å². The van der Waals surface area contributed by atoms with Gasteiger partial charge >= 0.3 is 0 Å². The van der Waals surface area contributed by atoms with Crippen LogP contribution < -0.4 is 10.6 Å². The number of fused-ring (bicyclic) bond motifs is 1. The lowest BCUT2D eigenvalue weighted by Gasteiger charge is -2.17. The second-order valence-electron chi connectivity index (χ2n) is 10.7. The molecule has 2 amide bonds. The van der Waals surface area contributed by atoms with E-state index in [1.54, 1.807) is 48.6 Å². The molecule has 1 aliphatic carbocycles. The Morgan fingerprint density at radius 2 is 1.82 bits per heavy atom. The van der Waals surface area contributed by atoms with E-state index >= 15 is 0 Å². The van der Waals surface area contributed by atoms with Gasteiger partial charge in [0.2, 0.25) is 0 Å². The van der Waals surface area contributed by atoms with E-state index < -0.39 is 0 Å². The van der Waals surface area contributed by atoms with E-state index in [0.29, 0.717) is 30.2 Å².